The van der Waals surface area contributed by atoms with Gasteiger partial charge in [0.05, 0.1) is 36.4 Å². The Morgan fingerprint density at radius 3 is 2.65 bits per heavy atom. The molecule has 0 spiro atoms. The average molecular weight is 313 g/mol. The Kier molecular flexibility index (Phi) is 3.96. The summed E-state index contributed by atoms with van der Waals surface area (Å²) in [6.45, 7) is 5.57. The number of anilines is 1. The molecule has 8 nitrogen and oxygen atoms in total. The highest BCUT2D eigenvalue weighted by Crippen LogP contribution is 2.12. The Bertz CT molecular complexity index is 827. The number of carbonyl (C=O) groups is 1. The molecule has 0 aliphatic heterocycles. The molecule has 0 bridgehead atoms. The Morgan fingerprint density at radius 2 is 2.00 bits per heavy atom. The smallest absolute Gasteiger partial charge is 0.258 e. The quantitative estimate of drug-likeness (QED) is 0.772. The van der Waals surface area contributed by atoms with E-state index in [1.807, 2.05) is 17.8 Å². The maximum atomic E-state index is 12.1. The second-order valence-corrected chi connectivity index (χ2v) is 5.35. The molecule has 0 aliphatic rings. The minimum absolute atomic E-state index is 0.201. The van der Waals surface area contributed by atoms with Gasteiger partial charge in [0.15, 0.2) is 0 Å². The number of carbonyl (C=O) groups excluding carboxylic acids is 1. The molecular weight excluding hydrogens is 294 g/mol. The van der Waals surface area contributed by atoms with Gasteiger partial charge >= 0.3 is 0 Å². The van der Waals surface area contributed by atoms with Crippen LogP contribution < -0.4 is 5.32 Å². The van der Waals surface area contributed by atoms with E-state index < -0.39 is 0 Å². The van der Waals surface area contributed by atoms with Gasteiger partial charge in [0.2, 0.25) is 0 Å². The summed E-state index contributed by atoms with van der Waals surface area (Å²) >= 11 is 0. The number of aromatic nitrogens is 6. The molecule has 3 heterocycles. The first-order chi connectivity index (χ1) is 11.1. The van der Waals surface area contributed by atoms with Gasteiger partial charge in [0, 0.05) is 37.2 Å². The number of rotatable bonds is 5. The summed E-state index contributed by atoms with van der Waals surface area (Å²) in [5.74, 6) is -0.201. The third-order valence-electron chi connectivity index (χ3n) is 3.69. The van der Waals surface area contributed by atoms with Crippen LogP contribution in [0, 0.1) is 6.92 Å². The Hall–Kier alpha value is -2.90. The number of amides is 1. The first-order valence-corrected chi connectivity index (χ1v) is 7.40. The minimum atomic E-state index is -0.201. The average Bonchev–Trinajstić information content (AvgIpc) is 3.22. The molecule has 0 aliphatic carbocycles. The Morgan fingerprint density at radius 1 is 1.17 bits per heavy atom. The maximum Gasteiger partial charge on any atom is 0.258 e. The van der Waals surface area contributed by atoms with E-state index in [9.17, 15) is 4.79 Å². The molecule has 0 aromatic carbocycles. The Balaban J connectivity index is 1.68. The molecule has 1 amide bonds. The fourth-order valence-electron chi connectivity index (χ4n) is 2.39. The SMILES string of the molecule is CCn1ncc(Cn2cc(NC(=O)c3cnn(C)c3)cn2)c1C. The molecule has 3 aromatic rings. The summed E-state index contributed by atoms with van der Waals surface area (Å²) in [5, 5.41) is 15.4. The summed E-state index contributed by atoms with van der Waals surface area (Å²) in [5.41, 5.74) is 3.41. The highest BCUT2D eigenvalue weighted by atomic mass is 16.1. The van der Waals surface area contributed by atoms with E-state index in [-0.39, 0.29) is 5.91 Å². The standard InChI is InChI=1S/C15H19N7O/c1-4-22-11(2)12(5-18-22)9-21-10-14(7-17-21)19-15(23)13-6-16-20(3)8-13/h5-8,10H,4,9H2,1-3H3,(H,19,23). The largest absolute Gasteiger partial charge is 0.319 e. The van der Waals surface area contributed by atoms with Gasteiger partial charge in [0.25, 0.3) is 5.91 Å². The number of nitrogens with zero attached hydrogens (tertiary/aromatic N) is 6. The lowest BCUT2D eigenvalue weighted by molar-refractivity contribution is 0.102. The lowest BCUT2D eigenvalue weighted by atomic mass is 10.2. The van der Waals surface area contributed by atoms with Crippen molar-refractivity contribution in [3.63, 3.8) is 0 Å². The molecule has 120 valence electrons. The van der Waals surface area contributed by atoms with Crippen molar-refractivity contribution in [2.24, 2.45) is 7.05 Å². The molecule has 0 atom stereocenters. The molecule has 23 heavy (non-hydrogen) atoms. The van der Waals surface area contributed by atoms with E-state index in [4.69, 9.17) is 0 Å². The van der Waals surface area contributed by atoms with Crippen molar-refractivity contribution < 1.29 is 4.79 Å². The van der Waals surface area contributed by atoms with Crippen molar-refractivity contribution in [1.82, 2.24) is 29.3 Å². The van der Waals surface area contributed by atoms with Crippen LogP contribution in [0.1, 0.15) is 28.5 Å². The fraction of sp³-hybridized carbons (Fsp3) is 0.333. The van der Waals surface area contributed by atoms with Crippen LogP contribution in [0.25, 0.3) is 0 Å². The van der Waals surface area contributed by atoms with Gasteiger partial charge in [0.1, 0.15) is 0 Å². The van der Waals surface area contributed by atoms with Crippen molar-refractivity contribution in [3.8, 4) is 0 Å². The third kappa shape index (κ3) is 3.15. The van der Waals surface area contributed by atoms with Crippen LogP contribution in [-0.2, 0) is 20.1 Å². The molecule has 8 heteroatoms. The molecule has 0 unspecified atom stereocenters. The number of nitrogens with one attached hydrogen (secondary N) is 1. The second-order valence-electron chi connectivity index (χ2n) is 5.35. The molecule has 0 saturated carbocycles. The highest BCUT2D eigenvalue weighted by molar-refractivity contribution is 6.03. The van der Waals surface area contributed by atoms with Crippen LogP contribution in [0.5, 0.6) is 0 Å². The van der Waals surface area contributed by atoms with Crippen LogP contribution in [0.3, 0.4) is 0 Å². The van der Waals surface area contributed by atoms with E-state index in [1.54, 1.807) is 35.0 Å². The predicted molar refractivity (Wildman–Crippen MR) is 85.1 cm³/mol. The van der Waals surface area contributed by atoms with Crippen molar-refractivity contribution in [3.05, 3.63) is 47.8 Å². The van der Waals surface area contributed by atoms with Gasteiger partial charge in [-0.2, -0.15) is 15.3 Å². The zero-order chi connectivity index (χ0) is 16.4. The van der Waals surface area contributed by atoms with Crippen LogP contribution in [0.15, 0.2) is 31.0 Å². The summed E-state index contributed by atoms with van der Waals surface area (Å²) < 4.78 is 5.32. The molecular formula is C15H19N7O. The van der Waals surface area contributed by atoms with E-state index >= 15 is 0 Å². The monoisotopic (exact) mass is 313 g/mol. The van der Waals surface area contributed by atoms with Crippen molar-refractivity contribution in [2.75, 3.05) is 5.32 Å². The van der Waals surface area contributed by atoms with Crippen LogP contribution in [0.2, 0.25) is 0 Å². The van der Waals surface area contributed by atoms with E-state index in [2.05, 4.69) is 27.5 Å². The normalized spacial score (nSPS) is 10.9. The number of hydrogen-bond acceptors (Lipinski definition) is 4. The van der Waals surface area contributed by atoms with Crippen molar-refractivity contribution in [1.29, 1.82) is 0 Å². The van der Waals surface area contributed by atoms with E-state index in [0.29, 0.717) is 17.8 Å². The lowest BCUT2D eigenvalue weighted by Gasteiger charge is -2.03. The van der Waals surface area contributed by atoms with Gasteiger partial charge in [-0.3, -0.25) is 18.8 Å². The molecule has 0 fully saturated rings. The molecule has 3 rings (SSSR count). The first-order valence-electron chi connectivity index (χ1n) is 7.40. The van der Waals surface area contributed by atoms with Crippen LogP contribution >= 0.6 is 0 Å². The van der Waals surface area contributed by atoms with Crippen molar-refractivity contribution in [2.45, 2.75) is 26.9 Å². The van der Waals surface area contributed by atoms with Gasteiger partial charge in [-0.25, -0.2) is 0 Å². The van der Waals surface area contributed by atoms with E-state index in [1.165, 1.54) is 6.20 Å². The zero-order valence-corrected chi connectivity index (χ0v) is 13.4. The molecule has 0 saturated heterocycles. The zero-order valence-electron chi connectivity index (χ0n) is 13.4. The van der Waals surface area contributed by atoms with Gasteiger partial charge < -0.3 is 5.32 Å². The highest BCUT2D eigenvalue weighted by Gasteiger charge is 2.11. The first kappa shape index (κ1) is 15.0. The number of aryl methyl sites for hydroxylation is 2. The molecule has 1 N–H and O–H groups in total. The number of hydrogen-bond donors (Lipinski definition) is 1. The Labute approximate surface area is 133 Å². The molecule has 0 radical (unpaired) electrons. The summed E-state index contributed by atoms with van der Waals surface area (Å²) in [4.78, 5) is 12.1. The van der Waals surface area contributed by atoms with Crippen LogP contribution in [-0.4, -0.2) is 35.2 Å². The van der Waals surface area contributed by atoms with Crippen molar-refractivity contribution >= 4 is 11.6 Å². The minimum Gasteiger partial charge on any atom is -0.319 e. The summed E-state index contributed by atoms with van der Waals surface area (Å²) in [6.07, 6.45) is 8.49. The van der Waals surface area contributed by atoms with Crippen LogP contribution in [0.4, 0.5) is 5.69 Å². The summed E-state index contributed by atoms with van der Waals surface area (Å²) in [7, 11) is 1.77. The van der Waals surface area contributed by atoms with Gasteiger partial charge in [-0.05, 0) is 13.8 Å². The lowest BCUT2D eigenvalue weighted by Crippen LogP contribution is -2.10. The topological polar surface area (TPSA) is 82.6 Å². The predicted octanol–water partition coefficient (Wildman–Crippen LogP) is 1.44. The molecule has 3 aromatic heterocycles. The van der Waals surface area contributed by atoms with E-state index in [0.717, 1.165) is 17.8 Å². The third-order valence-corrected chi connectivity index (χ3v) is 3.69. The summed E-state index contributed by atoms with van der Waals surface area (Å²) in [6, 6.07) is 0. The maximum absolute atomic E-state index is 12.1. The fourth-order valence-corrected chi connectivity index (χ4v) is 2.39. The van der Waals surface area contributed by atoms with Gasteiger partial charge in [-0.15, -0.1) is 0 Å². The second kappa shape index (κ2) is 6.07. The van der Waals surface area contributed by atoms with Gasteiger partial charge in [-0.1, -0.05) is 0 Å².